The SMILES string of the molecule is Cc1ccc(NC(=S)Nc2cc(Oc3ccc(Cl)cc3)cc([N+](=O)[O-])c2)c(C)c1. The van der Waals surface area contributed by atoms with Crippen LogP contribution in [-0.2, 0) is 0 Å². The number of nitrogens with zero attached hydrogens (tertiary/aromatic N) is 1. The van der Waals surface area contributed by atoms with Crippen molar-refractivity contribution in [2.45, 2.75) is 13.8 Å². The van der Waals surface area contributed by atoms with Gasteiger partial charge in [-0.15, -0.1) is 0 Å². The first kappa shape index (κ1) is 20.6. The van der Waals surface area contributed by atoms with E-state index < -0.39 is 4.92 Å². The number of nitro groups is 1. The summed E-state index contributed by atoms with van der Waals surface area (Å²) >= 11 is 11.2. The van der Waals surface area contributed by atoms with E-state index in [-0.39, 0.29) is 5.69 Å². The predicted octanol–water partition coefficient (Wildman–Crippen LogP) is 6.47. The van der Waals surface area contributed by atoms with E-state index in [2.05, 4.69) is 10.6 Å². The predicted molar refractivity (Wildman–Crippen MR) is 120 cm³/mol. The molecular weight excluding hydrogens is 410 g/mol. The maximum Gasteiger partial charge on any atom is 0.275 e. The minimum absolute atomic E-state index is 0.117. The Hall–Kier alpha value is -3.16. The standard InChI is InChI=1S/C21H18ClN3O3S/c1-13-3-8-20(14(2)9-13)24-21(29)23-16-10-17(25(26)27)12-19(11-16)28-18-6-4-15(22)5-7-18/h3-12H,1-2H3,(H2,23,24,29). The van der Waals surface area contributed by atoms with Crippen molar-refractivity contribution in [3.05, 3.63) is 86.9 Å². The van der Waals surface area contributed by atoms with Crippen molar-refractivity contribution in [1.29, 1.82) is 0 Å². The molecule has 148 valence electrons. The van der Waals surface area contributed by atoms with Crippen LogP contribution in [0.3, 0.4) is 0 Å². The minimum Gasteiger partial charge on any atom is -0.457 e. The zero-order valence-electron chi connectivity index (χ0n) is 15.7. The molecule has 29 heavy (non-hydrogen) atoms. The first-order chi connectivity index (χ1) is 13.8. The molecule has 0 saturated carbocycles. The normalized spacial score (nSPS) is 10.3. The van der Waals surface area contributed by atoms with Gasteiger partial charge in [0.25, 0.3) is 5.69 Å². The summed E-state index contributed by atoms with van der Waals surface area (Å²) in [7, 11) is 0. The van der Waals surface area contributed by atoms with Gasteiger partial charge in [0.15, 0.2) is 5.11 Å². The molecule has 0 atom stereocenters. The highest BCUT2D eigenvalue weighted by atomic mass is 35.5. The third-order valence-electron chi connectivity index (χ3n) is 4.04. The molecule has 0 spiro atoms. The van der Waals surface area contributed by atoms with E-state index in [0.717, 1.165) is 16.8 Å². The van der Waals surface area contributed by atoms with Crippen LogP contribution in [0.2, 0.25) is 5.02 Å². The number of nitro benzene ring substituents is 1. The molecule has 3 aromatic carbocycles. The van der Waals surface area contributed by atoms with Crippen LogP contribution >= 0.6 is 23.8 Å². The second kappa shape index (κ2) is 8.89. The lowest BCUT2D eigenvalue weighted by Crippen LogP contribution is -2.19. The zero-order chi connectivity index (χ0) is 21.0. The molecule has 3 rings (SSSR count). The topological polar surface area (TPSA) is 76.4 Å². The number of hydrogen-bond acceptors (Lipinski definition) is 4. The van der Waals surface area contributed by atoms with E-state index in [1.807, 2.05) is 32.0 Å². The molecule has 0 radical (unpaired) electrons. The van der Waals surface area contributed by atoms with Gasteiger partial charge >= 0.3 is 0 Å². The molecule has 0 aromatic heterocycles. The average Bonchev–Trinajstić information content (AvgIpc) is 2.65. The highest BCUT2D eigenvalue weighted by molar-refractivity contribution is 7.80. The van der Waals surface area contributed by atoms with E-state index >= 15 is 0 Å². The molecule has 0 fully saturated rings. The highest BCUT2D eigenvalue weighted by Crippen LogP contribution is 2.30. The first-order valence-corrected chi connectivity index (χ1v) is 9.47. The molecule has 8 heteroatoms. The second-order valence-electron chi connectivity index (χ2n) is 6.43. The Balaban J connectivity index is 1.80. The van der Waals surface area contributed by atoms with Crippen molar-refractivity contribution < 1.29 is 9.66 Å². The third-order valence-corrected chi connectivity index (χ3v) is 4.50. The smallest absolute Gasteiger partial charge is 0.275 e. The fourth-order valence-electron chi connectivity index (χ4n) is 2.70. The summed E-state index contributed by atoms with van der Waals surface area (Å²) in [6.45, 7) is 3.99. The van der Waals surface area contributed by atoms with Crippen molar-refractivity contribution in [1.82, 2.24) is 0 Å². The molecule has 2 N–H and O–H groups in total. The zero-order valence-corrected chi connectivity index (χ0v) is 17.3. The Kier molecular flexibility index (Phi) is 6.31. The summed E-state index contributed by atoms with van der Waals surface area (Å²) in [4.78, 5) is 10.8. The van der Waals surface area contributed by atoms with Crippen LogP contribution in [0.5, 0.6) is 11.5 Å². The van der Waals surface area contributed by atoms with Crippen LogP contribution in [0.25, 0.3) is 0 Å². The van der Waals surface area contributed by atoms with Crippen molar-refractivity contribution >= 4 is 46.0 Å². The summed E-state index contributed by atoms with van der Waals surface area (Å²) in [6, 6.07) is 17.0. The van der Waals surface area contributed by atoms with Crippen LogP contribution in [0.4, 0.5) is 17.1 Å². The largest absolute Gasteiger partial charge is 0.457 e. The van der Waals surface area contributed by atoms with E-state index in [9.17, 15) is 10.1 Å². The van der Waals surface area contributed by atoms with Gasteiger partial charge in [-0.1, -0.05) is 29.3 Å². The number of rotatable bonds is 5. The molecule has 0 heterocycles. The van der Waals surface area contributed by atoms with E-state index in [4.69, 9.17) is 28.6 Å². The molecule has 0 aliphatic carbocycles. The van der Waals surface area contributed by atoms with Crippen molar-refractivity contribution in [2.75, 3.05) is 10.6 Å². The highest BCUT2D eigenvalue weighted by Gasteiger charge is 2.13. The number of nitrogens with one attached hydrogen (secondary N) is 2. The van der Waals surface area contributed by atoms with E-state index in [1.165, 1.54) is 12.1 Å². The average molecular weight is 428 g/mol. The summed E-state index contributed by atoms with van der Waals surface area (Å²) < 4.78 is 5.73. The fraction of sp³-hybridized carbons (Fsp3) is 0.0952. The number of benzene rings is 3. The molecule has 3 aromatic rings. The number of aryl methyl sites for hydroxylation is 2. The number of anilines is 2. The molecule has 0 bridgehead atoms. The van der Waals surface area contributed by atoms with Gasteiger partial charge in [0.1, 0.15) is 11.5 Å². The van der Waals surface area contributed by atoms with Gasteiger partial charge in [0, 0.05) is 22.8 Å². The van der Waals surface area contributed by atoms with Gasteiger partial charge in [-0.2, -0.15) is 0 Å². The molecule has 0 unspecified atom stereocenters. The van der Waals surface area contributed by atoms with Gasteiger partial charge in [-0.05, 0) is 62.0 Å². The second-order valence-corrected chi connectivity index (χ2v) is 7.27. The Labute approximate surface area is 178 Å². The van der Waals surface area contributed by atoms with Crippen LogP contribution < -0.4 is 15.4 Å². The minimum atomic E-state index is -0.486. The lowest BCUT2D eigenvalue weighted by molar-refractivity contribution is -0.384. The summed E-state index contributed by atoms with van der Waals surface area (Å²) in [5, 5.41) is 18.3. The third kappa shape index (κ3) is 5.66. The fourth-order valence-corrected chi connectivity index (χ4v) is 3.05. The lowest BCUT2D eigenvalue weighted by atomic mass is 10.1. The molecule has 0 aliphatic heterocycles. The Bertz CT molecular complexity index is 1070. The van der Waals surface area contributed by atoms with Gasteiger partial charge in [0.05, 0.1) is 16.7 Å². The number of hydrogen-bond donors (Lipinski definition) is 2. The molecular formula is C21H18ClN3O3S. The van der Waals surface area contributed by atoms with Crippen LogP contribution in [0.15, 0.2) is 60.7 Å². The van der Waals surface area contributed by atoms with Gasteiger partial charge < -0.3 is 15.4 Å². The van der Waals surface area contributed by atoms with Crippen LogP contribution in [0.1, 0.15) is 11.1 Å². The van der Waals surface area contributed by atoms with Crippen molar-refractivity contribution in [3.8, 4) is 11.5 Å². The Morgan fingerprint density at radius 2 is 1.72 bits per heavy atom. The molecule has 0 amide bonds. The van der Waals surface area contributed by atoms with Crippen molar-refractivity contribution in [2.24, 2.45) is 0 Å². The van der Waals surface area contributed by atoms with Gasteiger partial charge in [0.2, 0.25) is 0 Å². The van der Waals surface area contributed by atoms with E-state index in [0.29, 0.717) is 27.3 Å². The monoisotopic (exact) mass is 427 g/mol. The Morgan fingerprint density at radius 3 is 2.38 bits per heavy atom. The number of non-ortho nitro benzene ring substituents is 1. The first-order valence-electron chi connectivity index (χ1n) is 8.68. The van der Waals surface area contributed by atoms with E-state index in [1.54, 1.807) is 30.3 Å². The number of ether oxygens (including phenoxy) is 1. The lowest BCUT2D eigenvalue weighted by Gasteiger charge is -2.14. The Morgan fingerprint density at radius 1 is 1.00 bits per heavy atom. The number of thiocarbonyl (C=S) groups is 1. The molecule has 0 aliphatic rings. The maximum absolute atomic E-state index is 11.3. The molecule has 0 saturated heterocycles. The van der Waals surface area contributed by atoms with Crippen molar-refractivity contribution in [3.63, 3.8) is 0 Å². The van der Waals surface area contributed by atoms with Gasteiger partial charge in [-0.25, -0.2) is 0 Å². The number of halogens is 1. The molecule has 6 nitrogen and oxygen atoms in total. The van der Waals surface area contributed by atoms with Crippen LogP contribution in [-0.4, -0.2) is 10.0 Å². The van der Waals surface area contributed by atoms with Gasteiger partial charge in [-0.3, -0.25) is 10.1 Å². The summed E-state index contributed by atoms with van der Waals surface area (Å²) in [5.41, 5.74) is 3.37. The summed E-state index contributed by atoms with van der Waals surface area (Å²) in [5.74, 6) is 0.815. The quantitative estimate of drug-likeness (QED) is 0.276. The summed E-state index contributed by atoms with van der Waals surface area (Å²) in [6.07, 6.45) is 0. The van der Waals surface area contributed by atoms with Crippen LogP contribution in [0, 0.1) is 24.0 Å². The maximum atomic E-state index is 11.3.